The van der Waals surface area contributed by atoms with Crippen LogP contribution in [0.4, 0.5) is 0 Å². The minimum absolute atomic E-state index is 0. The molecule has 0 saturated heterocycles. The van der Waals surface area contributed by atoms with Crippen molar-refractivity contribution in [3.63, 3.8) is 0 Å². The van der Waals surface area contributed by atoms with Gasteiger partial charge in [0.05, 0.1) is 0 Å². The second-order valence-corrected chi connectivity index (χ2v) is 10.7. The topological polar surface area (TPSA) is 109 Å². The summed E-state index contributed by atoms with van der Waals surface area (Å²) in [6.07, 6.45) is 6.82. The van der Waals surface area contributed by atoms with Crippen LogP contribution >= 0.6 is 0 Å². The zero-order valence-electron chi connectivity index (χ0n) is 20.9. The Morgan fingerprint density at radius 2 is 0.811 bits per heavy atom. The van der Waals surface area contributed by atoms with Crippen LogP contribution in [0.1, 0.15) is 23.7 Å². The maximum absolute atomic E-state index is 11.5. The fraction of sp³-hybridized carbons (Fsp3) is 0. The van der Waals surface area contributed by atoms with Crippen LogP contribution < -0.4 is 29.6 Å². The van der Waals surface area contributed by atoms with Crippen LogP contribution in [-0.2, 0) is 20.2 Å². The van der Waals surface area contributed by atoms with Crippen molar-refractivity contribution in [2.45, 2.75) is 9.79 Å². The zero-order chi connectivity index (χ0) is 25.8. The third-order valence-corrected chi connectivity index (χ3v) is 7.31. The summed E-state index contributed by atoms with van der Waals surface area (Å²) in [5, 5.41) is 0. The molecule has 0 unspecified atom stereocenters. The smallest absolute Gasteiger partial charge is 1.00 e. The molecule has 0 aromatic heterocycles. The Morgan fingerprint density at radius 1 is 0.486 bits per heavy atom. The van der Waals surface area contributed by atoms with E-state index in [4.69, 9.17) is 0 Å². The predicted octanol–water partition coefficient (Wildman–Crippen LogP) is 3.30. The average Bonchev–Trinajstić information content (AvgIpc) is 2.86. The molecule has 4 rings (SSSR count). The molecule has 0 fully saturated rings. The Balaban J connectivity index is 0.00000253. The van der Waals surface area contributed by atoms with Crippen molar-refractivity contribution >= 4 is 44.5 Å². The second kappa shape index (κ2) is 12.1. The van der Waals surface area contributed by atoms with Crippen LogP contribution in [0.15, 0.2) is 107 Å². The Morgan fingerprint density at radius 3 is 1.14 bits per heavy atom. The molecule has 0 spiro atoms. The van der Waals surface area contributed by atoms with Gasteiger partial charge in [0.15, 0.2) is 0 Å². The van der Waals surface area contributed by atoms with Crippen molar-refractivity contribution < 1.29 is 56.9 Å². The van der Waals surface area contributed by atoms with Crippen LogP contribution in [0.25, 0.3) is 35.4 Å². The van der Waals surface area contributed by atoms with Gasteiger partial charge in [0.25, 0.3) is 20.2 Å². The number of hydrogen-bond donors (Lipinski definition) is 2. The largest absolute Gasteiger partial charge is 1.00 e. The van der Waals surface area contributed by atoms with E-state index in [1.165, 1.54) is 12.1 Å². The van der Waals surface area contributed by atoms with Crippen LogP contribution in [0.2, 0.25) is 0 Å². The van der Waals surface area contributed by atoms with Gasteiger partial charge in [-0.3, -0.25) is 9.11 Å². The SMILES string of the molecule is O=S(=O)(O)c1ccccc1C=Cc1ccc(-c2ccc(C=Cc3ccccc3S(=O)(=O)O)cc2)cc1.[H-].[Na+]. The molecular formula is C28H23NaO6S2. The maximum Gasteiger partial charge on any atom is 1.00 e. The van der Waals surface area contributed by atoms with E-state index in [1.807, 2.05) is 48.5 Å². The van der Waals surface area contributed by atoms with Crippen molar-refractivity contribution in [1.29, 1.82) is 0 Å². The molecule has 0 atom stereocenters. The molecule has 2 N–H and O–H groups in total. The predicted molar refractivity (Wildman–Crippen MR) is 143 cm³/mol. The molecule has 0 aliphatic carbocycles. The summed E-state index contributed by atoms with van der Waals surface area (Å²) in [7, 11) is -8.61. The summed E-state index contributed by atoms with van der Waals surface area (Å²) in [6.45, 7) is 0. The molecule has 0 heterocycles. The average molecular weight is 543 g/mol. The van der Waals surface area contributed by atoms with Gasteiger partial charge in [0, 0.05) is 0 Å². The van der Waals surface area contributed by atoms with Gasteiger partial charge < -0.3 is 1.43 Å². The standard InChI is InChI=1S/C28H22O6S2.Na.H/c29-35(30,31)27-7-3-1-5-25(27)19-13-21-9-15-23(16-10-21)24-17-11-22(12-18-24)14-20-26-6-2-4-8-28(26)36(32,33)34;;/h1-20H,(H,29,30,31)(H,32,33,34);;/q;+1;-1. The first-order valence-corrected chi connectivity index (χ1v) is 13.7. The molecule has 4 aromatic rings. The quantitative estimate of drug-likeness (QED) is 0.211. The van der Waals surface area contributed by atoms with E-state index in [2.05, 4.69) is 0 Å². The minimum atomic E-state index is -4.31. The van der Waals surface area contributed by atoms with Crippen molar-refractivity contribution in [2.75, 3.05) is 0 Å². The van der Waals surface area contributed by atoms with E-state index in [0.29, 0.717) is 11.1 Å². The fourth-order valence-corrected chi connectivity index (χ4v) is 5.02. The van der Waals surface area contributed by atoms with Gasteiger partial charge in [-0.1, -0.05) is 109 Å². The molecule has 0 bridgehead atoms. The summed E-state index contributed by atoms with van der Waals surface area (Å²) in [6, 6.07) is 27.8. The van der Waals surface area contributed by atoms with Crippen LogP contribution in [-0.4, -0.2) is 25.9 Å². The molecule has 37 heavy (non-hydrogen) atoms. The molecule has 0 radical (unpaired) electrons. The van der Waals surface area contributed by atoms with Gasteiger partial charge in [-0.15, -0.1) is 0 Å². The van der Waals surface area contributed by atoms with Gasteiger partial charge in [-0.25, -0.2) is 0 Å². The van der Waals surface area contributed by atoms with Gasteiger partial charge >= 0.3 is 29.6 Å². The van der Waals surface area contributed by atoms with E-state index >= 15 is 0 Å². The monoisotopic (exact) mass is 542 g/mol. The molecule has 0 amide bonds. The van der Waals surface area contributed by atoms with E-state index in [0.717, 1.165) is 22.3 Å². The summed E-state index contributed by atoms with van der Waals surface area (Å²) in [5.74, 6) is 0. The fourth-order valence-electron chi connectivity index (χ4n) is 3.65. The van der Waals surface area contributed by atoms with Gasteiger partial charge in [-0.2, -0.15) is 16.8 Å². The number of rotatable bonds is 7. The first kappa shape index (κ1) is 28.7. The maximum atomic E-state index is 11.5. The van der Waals surface area contributed by atoms with Crippen LogP contribution in [0, 0.1) is 0 Å². The third kappa shape index (κ3) is 7.59. The van der Waals surface area contributed by atoms with Crippen LogP contribution in [0.3, 0.4) is 0 Å². The molecule has 0 aliphatic heterocycles. The minimum Gasteiger partial charge on any atom is -1.00 e. The molecule has 4 aromatic carbocycles. The number of benzene rings is 4. The Bertz CT molecular complexity index is 1540. The molecule has 0 aliphatic rings. The molecular weight excluding hydrogens is 519 g/mol. The summed E-state index contributed by atoms with van der Waals surface area (Å²) >= 11 is 0. The zero-order valence-corrected chi connectivity index (χ0v) is 23.5. The van der Waals surface area contributed by atoms with Crippen molar-refractivity contribution in [3.05, 3.63) is 119 Å². The first-order valence-electron chi connectivity index (χ1n) is 10.8. The van der Waals surface area contributed by atoms with E-state index in [-0.39, 0.29) is 40.8 Å². The molecule has 184 valence electrons. The van der Waals surface area contributed by atoms with Gasteiger partial charge in [0.1, 0.15) is 9.79 Å². The first-order chi connectivity index (χ1) is 17.1. The second-order valence-electron chi connectivity index (χ2n) is 7.94. The molecule has 6 nitrogen and oxygen atoms in total. The van der Waals surface area contributed by atoms with Gasteiger partial charge in [-0.05, 0) is 45.5 Å². The van der Waals surface area contributed by atoms with Gasteiger partial charge in [0.2, 0.25) is 0 Å². The number of hydrogen-bond acceptors (Lipinski definition) is 4. The summed E-state index contributed by atoms with van der Waals surface area (Å²) in [5.41, 5.74) is 4.48. The third-order valence-electron chi connectivity index (χ3n) is 5.46. The molecule has 0 saturated carbocycles. The van der Waals surface area contributed by atoms with E-state index in [9.17, 15) is 25.9 Å². The van der Waals surface area contributed by atoms with Crippen molar-refractivity contribution in [1.82, 2.24) is 0 Å². The Labute approximate surface area is 240 Å². The Hall–Kier alpha value is -2.82. The van der Waals surface area contributed by atoms with E-state index < -0.39 is 20.2 Å². The van der Waals surface area contributed by atoms with Crippen molar-refractivity contribution in [3.8, 4) is 11.1 Å². The van der Waals surface area contributed by atoms with Crippen molar-refractivity contribution in [2.24, 2.45) is 0 Å². The normalized spacial score (nSPS) is 12.1. The summed E-state index contributed by atoms with van der Waals surface area (Å²) < 4.78 is 64.9. The molecule has 9 heteroatoms. The van der Waals surface area contributed by atoms with Crippen LogP contribution in [0.5, 0.6) is 0 Å². The van der Waals surface area contributed by atoms with E-state index in [1.54, 1.807) is 60.7 Å². The Kier molecular flexibility index (Phi) is 9.44. The summed E-state index contributed by atoms with van der Waals surface area (Å²) in [4.78, 5) is -0.290.